The van der Waals surface area contributed by atoms with E-state index >= 15 is 0 Å². The van der Waals surface area contributed by atoms with Crippen LogP contribution in [0, 0.1) is 0 Å². The average Bonchev–Trinajstić information content (AvgIpc) is 3.11. The first-order chi connectivity index (χ1) is 12.1. The molecule has 0 aliphatic carbocycles. The Labute approximate surface area is 145 Å². The predicted molar refractivity (Wildman–Crippen MR) is 98.2 cm³/mol. The van der Waals surface area contributed by atoms with Crippen molar-refractivity contribution < 1.29 is 9.25 Å². The summed E-state index contributed by atoms with van der Waals surface area (Å²) in [6.07, 6.45) is 0.363. The number of hydrogen-bond donors (Lipinski definition) is 0. The van der Waals surface area contributed by atoms with E-state index in [1.54, 1.807) is 6.07 Å². The molecular formula is C20H18N2O3. The molecule has 5 heteroatoms. The molecule has 0 bridgehead atoms. The standard InChI is InChI=1S/C20H18N2O3/c1-22(2)15-9-7-13(8-10-15)19-12-17(21-25-19)16-11-14-5-3-4-6-18(14)24-20(16)23/h3-11,19H,12H2,1-2H3/t19-/m0/s1. The van der Waals surface area contributed by atoms with Crippen molar-refractivity contribution >= 4 is 22.4 Å². The molecule has 0 radical (unpaired) electrons. The average molecular weight is 334 g/mol. The van der Waals surface area contributed by atoms with Gasteiger partial charge in [0, 0.05) is 31.6 Å². The third-order valence-electron chi connectivity index (χ3n) is 4.40. The highest BCUT2D eigenvalue weighted by molar-refractivity contribution is 6.02. The Bertz CT molecular complexity index is 1000. The lowest BCUT2D eigenvalue weighted by atomic mass is 10.0. The monoisotopic (exact) mass is 334 g/mol. The van der Waals surface area contributed by atoms with Crippen molar-refractivity contribution in [3.8, 4) is 0 Å². The molecule has 0 N–H and O–H groups in total. The van der Waals surface area contributed by atoms with Gasteiger partial charge in [0.2, 0.25) is 0 Å². The molecule has 25 heavy (non-hydrogen) atoms. The van der Waals surface area contributed by atoms with E-state index in [2.05, 4.69) is 5.16 Å². The molecule has 1 atom stereocenters. The summed E-state index contributed by atoms with van der Waals surface area (Å²) in [5, 5.41) is 5.01. The molecule has 1 aliphatic rings. The molecule has 0 spiro atoms. The number of hydrogen-bond acceptors (Lipinski definition) is 5. The summed E-state index contributed by atoms with van der Waals surface area (Å²) in [7, 11) is 4.00. The van der Waals surface area contributed by atoms with Crippen molar-refractivity contribution in [2.45, 2.75) is 12.5 Å². The van der Waals surface area contributed by atoms with Crippen molar-refractivity contribution in [1.29, 1.82) is 0 Å². The minimum absolute atomic E-state index is 0.183. The molecule has 0 unspecified atom stereocenters. The van der Waals surface area contributed by atoms with E-state index in [1.807, 2.05) is 67.5 Å². The molecule has 1 aromatic heterocycles. The van der Waals surface area contributed by atoms with Crippen LogP contribution in [0.25, 0.3) is 11.0 Å². The van der Waals surface area contributed by atoms with Gasteiger partial charge in [-0.3, -0.25) is 0 Å². The van der Waals surface area contributed by atoms with Gasteiger partial charge in [0.25, 0.3) is 0 Å². The van der Waals surface area contributed by atoms with E-state index in [9.17, 15) is 4.79 Å². The normalized spacial score (nSPS) is 16.6. The summed E-state index contributed by atoms with van der Waals surface area (Å²) >= 11 is 0. The van der Waals surface area contributed by atoms with Crippen molar-refractivity contribution in [2.24, 2.45) is 5.16 Å². The van der Waals surface area contributed by atoms with Crippen molar-refractivity contribution in [3.63, 3.8) is 0 Å². The van der Waals surface area contributed by atoms with Crippen LogP contribution in [0.15, 0.2) is 69.0 Å². The van der Waals surface area contributed by atoms with Gasteiger partial charge in [-0.2, -0.15) is 0 Å². The zero-order valence-electron chi connectivity index (χ0n) is 14.1. The highest BCUT2D eigenvalue weighted by atomic mass is 16.6. The molecule has 0 fully saturated rings. The molecule has 4 rings (SSSR count). The molecule has 1 aliphatic heterocycles. The third-order valence-corrected chi connectivity index (χ3v) is 4.40. The fraction of sp³-hybridized carbons (Fsp3) is 0.200. The second kappa shape index (κ2) is 6.09. The van der Waals surface area contributed by atoms with Crippen LogP contribution in [0.3, 0.4) is 0 Å². The molecule has 0 amide bonds. The maximum absolute atomic E-state index is 12.3. The Kier molecular flexibility index (Phi) is 3.76. The Balaban J connectivity index is 1.60. The van der Waals surface area contributed by atoms with Gasteiger partial charge < -0.3 is 14.2 Å². The Morgan fingerprint density at radius 3 is 2.60 bits per heavy atom. The number of anilines is 1. The first-order valence-corrected chi connectivity index (χ1v) is 8.15. The Morgan fingerprint density at radius 1 is 1.08 bits per heavy atom. The molecule has 2 heterocycles. The third kappa shape index (κ3) is 2.89. The van der Waals surface area contributed by atoms with Gasteiger partial charge >= 0.3 is 5.63 Å². The minimum Gasteiger partial charge on any atom is -0.422 e. The van der Waals surface area contributed by atoms with Crippen LogP contribution < -0.4 is 10.5 Å². The smallest absolute Gasteiger partial charge is 0.345 e. The molecule has 5 nitrogen and oxygen atoms in total. The summed E-state index contributed by atoms with van der Waals surface area (Å²) in [4.78, 5) is 19.9. The lowest BCUT2D eigenvalue weighted by molar-refractivity contribution is 0.0857. The van der Waals surface area contributed by atoms with Gasteiger partial charge in [0.05, 0.1) is 11.3 Å². The predicted octanol–water partition coefficient (Wildman–Crippen LogP) is 3.72. The van der Waals surface area contributed by atoms with Crippen LogP contribution in [-0.2, 0) is 4.84 Å². The Hall–Kier alpha value is -3.08. The number of oxime groups is 1. The quantitative estimate of drug-likeness (QED) is 0.685. The number of fused-ring (bicyclic) bond motifs is 1. The highest BCUT2D eigenvalue weighted by Gasteiger charge is 2.26. The summed E-state index contributed by atoms with van der Waals surface area (Å²) in [5.41, 5.74) is 3.44. The fourth-order valence-electron chi connectivity index (χ4n) is 2.97. The topological polar surface area (TPSA) is 55.0 Å². The number of benzene rings is 2. The minimum atomic E-state index is -0.385. The van der Waals surface area contributed by atoms with E-state index < -0.39 is 0 Å². The maximum atomic E-state index is 12.3. The molecule has 2 aromatic carbocycles. The van der Waals surface area contributed by atoms with E-state index in [0.717, 1.165) is 16.6 Å². The van der Waals surface area contributed by atoms with Gasteiger partial charge in [-0.25, -0.2) is 4.79 Å². The van der Waals surface area contributed by atoms with Crippen LogP contribution in [0.2, 0.25) is 0 Å². The van der Waals surface area contributed by atoms with Gasteiger partial charge in [0.15, 0.2) is 6.10 Å². The van der Waals surface area contributed by atoms with Crippen LogP contribution in [0.4, 0.5) is 5.69 Å². The second-order valence-electron chi connectivity index (χ2n) is 6.31. The van der Waals surface area contributed by atoms with Gasteiger partial charge in [-0.05, 0) is 29.8 Å². The largest absolute Gasteiger partial charge is 0.422 e. The van der Waals surface area contributed by atoms with Crippen LogP contribution >= 0.6 is 0 Å². The molecule has 126 valence electrons. The van der Waals surface area contributed by atoms with Crippen LogP contribution in [0.1, 0.15) is 23.7 Å². The molecule has 0 saturated heterocycles. The zero-order chi connectivity index (χ0) is 17.4. The molecule has 0 saturated carbocycles. The maximum Gasteiger partial charge on any atom is 0.345 e. The first-order valence-electron chi connectivity index (χ1n) is 8.15. The van der Waals surface area contributed by atoms with Crippen molar-refractivity contribution in [1.82, 2.24) is 0 Å². The van der Waals surface area contributed by atoms with Gasteiger partial charge in [0.1, 0.15) is 5.58 Å². The Morgan fingerprint density at radius 2 is 1.84 bits per heavy atom. The van der Waals surface area contributed by atoms with Gasteiger partial charge in [-0.15, -0.1) is 0 Å². The van der Waals surface area contributed by atoms with Gasteiger partial charge in [-0.1, -0.05) is 35.5 Å². The number of para-hydroxylation sites is 1. The van der Waals surface area contributed by atoms with E-state index in [0.29, 0.717) is 23.3 Å². The lowest BCUT2D eigenvalue weighted by Gasteiger charge is -2.14. The number of rotatable bonds is 3. The summed E-state index contributed by atoms with van der Waals surface area (Å²) in [6, 6.07) is 17.4. The van der Waals surface area contributed by atoms with Crippen LogP contribution in [0.5, 0.6) is 0 Å². The fourth-order valence-corrected chi connectivity index (χ4v) is 2.97. The SMILES string of the molecule is CN(C)c1ccc([C@@H]2CC(c3cc4ccccc4oc3=O)=NO2)cc1. The summed E-state index contributed by atoms with van der Waals surface area (Å²) in [6.45, 7) is 0. The zero-order valence-corrected chi connectivity index (χ0v) is 14.1. The highest BCUT2D eigenvalue weighted by Crippen LogP contribution is 2.30. The van der Waals surface area contributed by atoms with E-state index in [1.165, 1.54) is 0 Å². The summed E-state index contributed by atoms with van der Waals surface area (Å²) in [5.74, 6) is 0. The van der Waals surface area contributed by atoms with Crippen molar-refractivity contribution in [3.05, 3.63) is 76.1 Å². The van der Waals surface area contributed by atoms with E-state index in [4.69, 9.17) is 9.25 Å². The second-order valence-corrected chi connectivity index (χ2v) is 6.31. The van der Waals surface area contributed by atoms with E-state index in [-0.39, 0.29) is 11.7 Å². The van der Waals surface area contributed by atoms with Crippen LogP contribution in [-0.4, -0.2) is 19.8 Å². The molecular weight excluding hydrogens is 316 g/mol. The molecule has 3 aromatic rings. The summed E-state index contributed by atoms with van der Waals surface area (Å²) < 4.78 is 5.39. The van der Waals surface area contributed by atoms with Crippen molar-refractivity contribution in [2.75, 3.05) is 19.0 Å². The first kappa shape index (κ1) is 15.4. The lowest BCUT2D eigenvalue weighted by Crippen LogP contribution is -2.14. The number of nitrogens with zero attached hydrogens (tertiary/aromatic N) is 2.